The summed E-state index contributed by atoms with van der Waals surface area (Å²) in [5, 5.41) is 0. The molecule has 10 heavy (non-hydrogen) atoms. The molecule has 0 aliphatic heterocycles. The Morgan fingerprint density at radius 3 is 1.10 bits per heavy atom. The molecule has 0 aromatic rings. The van der Waals surface area contributed by atoms with E-state index in [-0.39, 0.29) is 52.8 Å². The SMILES string of the molecule is O=P(O)(O)O.OP(O)O.[H-].[K+]. The molecule has 7 nitrogen and oxygen atoms in total. The van der Waals surface area contributed by atoms with Crippen LogP contribution >= 0.6 is 16.4 Å². The van der Waals surface area contributed by atoms with Crippen molar-refractivity contribution in [3.05, 3.63) is 0 Å². The molecule has 0 amide bonds. The van der Waals surface area contributed by atoms with Crippen LogP contribution in [0.1, 0.15) is 1.43 Å². The van der Waals surface area contributed by atoms with Crippen molar-refractivity contribution in [2.45, 2.75) is 0 Å². The van der Waals surface area contributed by atoms with Crippen LogP contribution in [0, 0.1) is 0 Å². The molecule has 0 heterocycles. The van der Waals surface area contributed by atoms with Crippen molar-refractivity contribution in [1.29, 1.82) is 0 Å². The molecule has 10 heteroatoms. The standard InChI is InChI=1S/K.H3O4P.H3O3P.H/c;1-5(2,3)4;1-4(2)3;/h;(H3,1,2,3,4);1-3H;/q+1;;;-1. The second-order valence-corrected chi connectivity index (χ2v) is 2.34. The van der Waals surface area contributed by atoms with Crippen molar-refractivity contribution in [2.75, 3.05) is 0 Å². The Hall–Kier alpha value is 2.06. The zero-order valence-electron chi connectivity index (χ0n) is 5.99. The third kappa shape index (κ3) is 195. The number of phosphoric acid groups is 1. The largest absolute Gasteiger partial charge is 1.00 e. The molecule has 0 fully saturated rings. The van der Waals surface area contributed by atoms with Crippen LogP contribution in [0.25, 0.3) is 0 Å². The zero-order valence-corrected chi connectivity index (χ0v) is 9.90. The van der Waals surface area contributed by atoms with E-state index < -0.39 is 16.4 Å². The Labute approximate surface area is 102 Å². The maximum Gasteiger partial charge on any atom is 1.00 e. The molecular weight excluding hydrogens is 213 g/mol. The Bertz CT molecular complexity index is 87.6. The molecule has 6 N–H and O–H groups in total. The minimum Gasteiger partial charge on any atom is -1.00 e. The van der Waals surface area contributed by atoms with Gasteiger partial charge in [-0.05, 0) is 0 Å². The van der Waals surface area contributed by atoms with Gasteiger partial charge in [0.15, 0.2) is 0 Å². The van der Waals surface area contributed by atoms with Crippen LogP contribution in [-0.2, 0) is 4.57 Å². The van der Waals surface area contributed by atoms with E-state index in [1.54, 1.807) is 0 Å². The Kier molecular flexibility index (Phi) is 16.4. The van der Waals surface area contributed by atoms with Gasteiger partial charge in [-0.3, -0.25) is 0 Å². The van der Waals surface area contributed by atoms with Crippen molar-refractivity contribution in [1.82, 2.24) is 0 Å². The van der Waals surface area contributed by atoms with E-state index in [4.69, 9.17) is 33.9 Å². The van der Waals surface area contributed by atoms with Gasteiger partial charge in [0.25, 0.3) is 0 Å². The van der Waals surface area contributed by atoms with E-state index in [0.29, 0.717) is 0 Å². The molecule has 0 saturated heterocycles. The maximum absolute atomic E-state index is 8.88. The summed E-state index contributed by atoms with van der Waals surface area (Å²) >= 11 is 0. The second-order valence-electron chi connectivity index (χ2n) is 0.782. The van der Waals surface area contributed by atoms with Gasteiger partial charge < -0.3 is 30.8 Å². The summed E-state index contributed by atoms with van der Waals surface area (Å²) in [6.45, 7) is 0. The first kappa shape index (κ1) is 18.0. The van der Waals surface area contributed by atoms with E-state index in [0.717, 1.165) is 0 Å². The predicted octanol–water partition coefficient (Wildman–Crippen LogP) is -4.62. The fourth-order valence-electron chi connectivity index (χ4n) is 0. The third-order valence-corrected chi connectivity index (χ3v) is 0. The van der Waals surface area contributed by atoms with Gasteiger partial charge in [-0.25, -0.2) is 4.57 Å². The van der Waals surface area contributed by atoms with Crippen LogP contribution in [0.4, 0.5) is 0 Å². The van der Waals surface area contributed by atoms with Gasteiger partial charge in [-0.1, -0.05) is 0 Å². The van der Waals surface area contributed by atoms with Crippen molar-refractivity contribution in [3.63, 3.8) is 0 Å². The van der Waals surface area contributed by atoms with Gasteiger partial charge in [0.2, 0.25) is 0 Å². The van der Waals surface area contributed by atoms with Crippen molar-refractivity contribution >= 4 is 16.4 Å². The molecule has 0 radical (unpaired) electrons. The van der Waals surface area contributed by atoms with Crippen LogP contribution in [0.2, 0.25) is 0 Å². The molecule has 0 aliphatic carbocycles. The fourth-order valence-corrected chi connectivity index (χ4v) is 0. The molecule has 0 bridgehead atoms. The quantitative estimate of drug-likeness (QED) is 0.178. The number of hydrogen-bond donors (Lipinski definition) is 6. The van der Waals surface area contributed by atoms with E-state index in [2.05, 4.69) is 0 Å². The van der Waals surface area contributed by atoms with Gasteiger partial charge in [-0.15, -0.1) is 0 Å². The van der Waals surface area contributed by atoms with Gasteiger partial charge in [0, 0.05) is 0 Å². The van der Waals surface area contributed by atoms with Crippen molar-refractivity contribution < 1.29 is 86.7 Å². The van der Waals surface area contributed by atoms with E-state index in [9.17, 15) is 0 Å². The molecule has 0 aliphatic rings. The Morgan fingerprint density at radius 2 is 1.10 bits per heavy atom. The van der Waals surface area contributed by atoms with Gasteiger partial charge in [0.1, 0.15) is 0 Å². The number of hydrogen-bond acceptors (Lipinski definition) is 4. The van der Waals surface area contributed by atoms with E-state index in [1.165, 1.54) is 0 Å². The molecule has 0 unspecified atom stereocenters. The number of rotatable bonds is 0. The fraction of sp³-hybridized carbons (Fsp3) is 0. The first-order valence-corrected chi connectivity index (χ1v) is 4.15. The summed E-state index contributed by atoms with van der Waals surface area (Å²) in [5.41, 5.74) is 0. The van der Waals surface area contributed by atoms with Crippen LogP contribution in [0.15, 0.2) is 0 Å². The minimum atomic E-state index is -4.64. The topological polar surface area (TPSA) is 138 Å². The smallest absolute Gasteiger partial charge is 1.00 e. The normalized spacial score (nSPS) is 9.50. The average molecular weight is 220 g/mol. The van der Waals surface area contributed by atoms with Crippen molar-refractivity contribution in [3.8, 4) is 0 Å². The average Bonchev–Trinajstić information content (AvgIpc) is 1.19. The second kappa shape index (κ2) is 9.15. The molecule has 0 atom stereocenters. The molecule has 0 spiro atoms. The summed E-state index contributed by atoms with van der Waals surface area (Å²) in [6, 6.07) is 0. The summed E-state index contributed by atoms with van der Waals surface area (Å²) in [7, 11) is -7.26. The summed E-state index contributed by atoms with van der Waals surface area (Å²) in [5.74, 6) is 0. The summed E-state index contributed by atoms with van der Waals surface area (Å²) < 4.78 is 8.88. The third-order valence-electron chi connectivity index (χ3n) is 0. The van der Waals surface area contributed by atoms with Crippen LogP contribution in [0.5, 0.6) is 0 Å². The molecule has 60 valence electrons. The van der Waals surface area contributed by atoms with Gasteiger partial charge in [0.05, 0.1) is 0 Å². The molecule has 0 aromatic carbocycles. The Morgan fingerprint density at radius 1 is 1.10 bits per heavy atom. The maximum atomic E-state index is 8.88. The summed E-state index contributed by atoms with van der Waals surface area (Å²) in [6.07, 6.45) is 0. The monoisotopic (exact) mass is 220 g/mol. The molecule has 0 rings (SSSR count). The van der Waals surface area contributed by atoms with Crippen LogP contribution < -0.4 is 51.4 Å². The van der Waals surface area contributed by atoms with Crippen LogP contribution in [-0.4, -0.2) is 29.4 Å². The minimum absolute atomic E-state index is 0. The Balaban J connectivity index is -0.0000000383. The molecule has 0 aromatic heterocycles. The first-order valence-electron chi connectivity index (χ1n) is 1.38. The van der Waals surface area contributed by atoms with Crippen LogP contribution in [0.3, 0.4) is 0 Å². The zero-order chi connectivity index (χ0) is 8.08. The van der Waals surface area contributed by atoms with E-state index >= 15 is 0 Å². The molecule has 0 saturated carbocycles. The van der Waals surface area contributed by atoms with Crippen molar-refractivity contribution in [2.24, 2.45) is 0 Å². The predicted molar refractivity (Wildman–Crippen MR) is 29.0 cm³/mol. The molecular formula is H7KO7P2. The van der Waals surface area contributed by atoms with Gasteiger partial charge >= 0.3 is 67.8 Å². The van der Waals surface area contributed by atoms with Gasteiger partial charge in [-0.2, -0.15) is 0 Å². The van der Waals surface area contributed by atoms with E-state index in [1.807, 2.05) is 0 Å². The first-order chi connectivity index (χ1) is 3.73. The summed E-state index contributed by atoms with van der Waals surface area (Å²) in [4.78, 5) is 43.3.